The van der Waals surface area contributed by atoms with Crippen molar-refractivity contribution in [1.29, 1.82) is 0 Å². The number of hydrogen-bond acceptors (Lipinski definition) is 5. The van der Waals surface area contributed by atoms with E-state index in [1.807, 2.05) is 0 Å². The van der Waals surface area contributed by atoms with Gasteiger partial charge in [-0.1, -0.05) is 31.2 Å². The van der Waals surface area contributed by atoms with Gasteiger partial charge in [0.2, 0.25) is 5.91 Å². The zero-order valence-corrected chi connectivity index (χ0v) is 18.0. The van der Waals surface area contributed by atoms with E-state index in [0.717, 1.165) is 37.7 Å². The third kappa shape index (κ3) is 5.36. The van der Waals surface area contributed by atoms with Crippen molar-refractivity contribution < 1.29 is 4.79 Å². The SMILES string of the molecule is CC1CCCN(Cc2ccccc2CNC(=O)C2CCCN(c3cnccn3)C2)C1. The van der Waals surface area contributed by atoms with Crippen LogP contribution in [0.5, 0.6) is 0 Å². The molecule has 0 radical (unpaired) electrons. The number of nitrogens with zero attached hydrogens (tertiary/aromatic N) is 4. The topological polar surface area (TPSA) is 61.4 Å². The van der Waals surface area contributed by atoms with Crippen molar-refractivity contribution >= 4 is 11.7 Å². The maximum absolute atomic E-state index is 12.9. The number of piperidine rings is 2. The molecule has 1 amide bonds. The van der Waals surface area contributed by atoms with Crippen LogP contribution in [-0.4, -0.2) is 47.0 Å². The molecule has 2 fully saturated rings. The lowest BCUT2D eigenvalue weighted by Crippen LogP contribution is -2.43. The van der Waals surface area contributed by atoms with Crippen LogP contribution in [0.2, 0.25) is 0 Å². The number of likely N-dealkylation sites (tertiary alicyclic amines) is 1. The first-order valence-corrected chi connectivity index (χ1v) is 11.3. The van der Waals surface area contributed by atoms with E-state index in [4.69, 9.17) is 0 Å². The van der Waals surface area contributed by atoms with Crippen LogP contribution in [0, 0.1) is 11.8 Å². The fourth-order valence-electron chi connectivity index (χ4n) is 4.74. The summed E-state index contributed by atoms with van der Waals surface area (Å²) in [6.45, 7) is 7.89. The number of amides is 1. The molecule has 2 aliphatic rings. The summed E-state index contributed by atoms with van der Waals surface area (Å²) >= 11 is 0. The minimum absolute atomic E-state index is 0.00383. The maximum Gasteiger partial charge on any atom is 0.225 e. The molecule has 0 saturated carbocycles. The average molecular weight is 408 g/mol. The van der Waals surface area contributed by atoms with E-state index < -0.39 is 0 Å². The van der Waals surface area contributed by atoms with Crippen LogP contribution in [0.3, 0.4) is 0 Å². The van der Waals surface area contributed by atoms with Crippen molar-refractivity contribution in [2.75, 3.05) is 31.1 Å². The molecule has 1 aromatic carbocycles. The first-order valence-electron chi connectivity index (χ1n) is 11.3. The molecule has 2 saturated heterocycles. The Hall–Kier alpha value is -2.47. The molecule has 6 heteroatoms. The summed E-state index contributed by atoms with van der Waals surface area (Å²) in [5.41, 5.74) is 2.56. The molecule has 0 bridgehead atoms. The largest absolute Gasteiger partial charge is 0.355 e. The summed E-state index contributed by atoms with van der Waals surface area (Å²) in [5, 5.41) is 3.21. The Morgan fingerprint density at radius 3 is 2.73 bits per heavy atom. The first kappa shape index (κ1) is 20.8. The molecule has 0 aliphatic carbocycles. The third-order valence-corrected chi connectivity index (χ3v) is 6.37. The van der Waals surface area contributed by atoms with Gasteiger partial charge in [0.25, 0.3) is 0 Å². The predicted molar refractivity (Wildman–Crippen MR) is 119 cm³/mol. The fraction of sp³-hybridized carbons (Fsp3) is 0.542. The van der Waals surface area contributed by atoms with Gasteiger partial charge in [-0.25, -0.2) is 4.98 Å². The molecule has 2 atom stereocenters. The Morgan fingerprint density at radius 2 is 1.93 bits per heavy atom. The molecule has 2 aromatic rings. The zero-order valence-electron chi connectivity index (χ0n) is 18.0. The highest BCUT2D eigenvalue weighted by Gasteiger charge is 2.26. The van der Waals surface area contributed by atoms with Crippen molar-refractivity contribution in [2.24, 2.45) is 11.8 Å². The number of benzene rings is 1. The lowest BCUT2D eigenvalue weighted by molar-refractivity contribution is -0.125. The van der Waals surface area contributed by atoms with Crippen LogP contribution in [0.4, 0.5) is 5.82 Å². The minimum Gasteiger partial charge on any atom is -0.355 e. The summed E-state index contributed by atoms with van der Waals surface area (Å²) in [6, 6.07) is 8.53. The van der Waals surface area contributed by atoms with E-state index in [9.17, 15) is 4.79 Å². The Bertz CT molecular complexity index is 827. The molecular formula is C24H33N5O. The Morgan fingerprint density at radius 1 is 1.10 bits per heavy atom. The summed E-state index contributed by atoms with van der Waals surface area (Å²) in [4.78, 5) is 26.2. The molecule has 3 heterocycles. The Kier molecular flexibility index (Phi) is 6.95. The van der Waals surface area contributed by atoms with Gasteiger partial charge in [-0.2, -0.15) is 0 Å². The van der Waals surface area contributed by atoms with E-state index in [2.05, 4.69) is 56.3 Å². The minimum atomic E-state index is -0.00383. The van der Waals surface area contributed by atoms with E-state index in [0.29, 0.717) is 13.1 Å². The van der Waals surface area contributed by atoms with Gasteiger partial charge in [0.1, 0.15) is 5.82 Å². The number of aromatic nitrogens is 2. The van der Waals surface area contributed by atoms with Crippen LogP contribution in [0.1, 0.15) is 43.7 Å². The van der Waals surface area contributed by atoms with E-state index in [-0.39, 0.29) is 11.8 Å². The third-order valence-electron chi connectivity index (χ3n) is 6.37. The summed E-state index contributed by atoms with van der Waals surface area (Å²) in [5.74, 6) is 1.77. The quantitative estimate of drug-likeness (QED) is 0.797. The maximum atomic E-state index is 12.9. The van der Waals surface area contributed by atoms with Crippen molar-refractivity contribution in [3.05, 3.63) is 54.0 Å². The van der Waals surface area contributed by atoms with Gasteiger partial charge in [0.15, 0.2) is 0 Å². The molecule has 2 unspecified atom stereocenters. The normalized spacial score (nSPS) is 22.6. The van der Waals surface area contributed by atoms with Gasteiger partial charge in [0, 0.05) is 45.1 Å². The van der Waals surface area contributed by atoms with Crippen LogP contribution < -0.4 is 10.2 Å². The second kappa shape index (κ2) is 10.0. The van der Waals surface area contributed by atoms with Crippen molar-refractivity contribution in [3.63, 3.8) is 0 Å². The highest BCUT2D eigenvalue weighted by Crippen LogP contribution is 2.22. The number of carbonyl (C=O) groups is 1. The molecule has 30 heavy (non-hydrogen) atoms. The Balaban J connectivity index is 1.33. The van der Waals surface area contributed by atoms with Crippen molar-refractivity contribution in [3.8, 4) is 0 Å². The number of nitrogens with one attached hydrogen (secondary N) is 1. The van der Waals surface area contributed by atoms with Gasteiger partial charge in [-0.3, -0.25) is 14.7 Å². The first-order chi connectivity index (χ1) is 14.7. The van der Waals surface area contributed by atoms with E-state index in [1.165, 1.54) is 37.1 Å². The molecule has 4 rings (SSSR count). The van der Waals surface area contributed by atoms with Crippen LogP contribution in [0.25, 0.3) is 0 Å². The summed E-state index contributed by atoms with van der Waals surface area (Å²) in [7, 11) is 0. The second-order valence-electron chi connectivity index (χ2n) is 8.82. The summed E-state index contributed by atoms with van der Waals surface area (Å²) < 4.78 is 0. The predicted octanol–water partition coefficient (Wildman–Crippen LogP) is 3.24. The van der Waals surface area contributed by atoms with Crippen LogP contribution in [-0.2, 0) is 17.9 Å². The monoisotopic (exact) mass is 407 g/mol. The zero-order chi connectivity index (χ0) is 20.8. The average Bonchev–Trinajstić information content (AvgIpc) is 2.79. The smallest absolute Gasteiger partial charge is 0.225 e. The van der Waals surface area contributed by atoms with Crippen molar-refractivity contribution in [1.82, 2.24) is 20.2 Å². The van der Waals surface area contributed by atoms with Gasteiger partial charge in [-0.05, 0) is 49.3 Å². The lowest BCUT2D eigenvalue weighted by Gasteiger charge is -2.33. The molecular weight excluding hydrogens is 374 g/mol. The van der Waals surface area contributed by atoms with Crippen LogP contribution >= 0.6 is 0 Å². The second-order valence-corrected chi connectivity index (χ2v) is 8.82. The van der Waals surface area contributed by atoms with Gasteiger partial charge in [-0.15, -0.1) is 0 Å². The molecule has 2 aliphatic heterocycles. The molecule has 6 nitrogen and oxygen atoms in total. The molecule has 1 N–H and O–H groups in total. The number of rotatable bonds is 6. The lowest BCUT2D eigenvalue weighted by atomic mass is 9.96. The van der Waals surface area contributed by atoms with Crippen molar-refractivity contribution in [2.45, 2.75) is 45.7 Å². The Labute approximate surface area is 179 Å². The van der Waals surface area contributed by atoms with Crippen LogP contribution in [0.15, 0.2) is 42.9 Å². The van der Waals surface area contributed by atoms with E-state index in [1.54, 1.807) is 18.6 Å². The fourth-order valence-corrected chi connectivity index (χ4v) is 4.74. The number of anilines is 1. The highest BCUT2D eigenvalue weighted by atomic mass is 16.1. The van der Waals surface area contributed by atoms with Gasteiger partial charge < -0.3 is 10.2 Å². The standard InChI is InChI=1S/C24H33N5O/c1-19-6-4-12-28(16-19)17-21-8-3-2-7-20(21)14-27-24(30)22-9-5-13-29(18-22)23-15-25-10-11-26-23/h2-3,7-8,10-11,15,19,22H,4-6,9,12-14,16-18H2,1H3,(H,27,30). The highest BCUT2D eigenvalue weighted by molar-refractivity contribution is 5.79. The molecule has 0 spiro atoms. The van der Waals surface area contributed by atoms with Gasteiger partial charge in [0.05, 0.1) is 12.1 Å². The molecule has 1 aromatic heterocycles. The number of hydrogen-bond donors (Lipinski definition) is 1. The molecule has 160 valence electrons. The van der Waals surface area contributed by atoms with Gasteiger partial charge >= 0.3 is 0 Å². The number of carbonyl (C=O) groups excluding carboxylic acids is 1. The van der Waals surface area contributed by atoms with E-state index >= 15 is 0 Å². The summed E-state index contributed by atoms with van der Waals surface area (Å²) in [6.07, 6.45) is 9.70.